The van der Waals surface area contributed by atoms with Crippen LogP contribution in [0.15, 0.2) is 46.6 Å². The van der Waals surface area contributed by atoms with Crippen molar-refractivity contribution >= 4 is 33.9 Å². The zero-order valence-corrected chi connectivity index (χ0v) is 19.7. The lowest BCUT2D eigenvalue weighted by Gasteiger charge is -2.28. The van der Waals surface area contributed by atoms with Gasteiger partial charge >= 0.3 is 0 Å². The van der Waals surface area contributed by atoms with Crippen LogP contribution in [0, 0.1) is 0 Å². The minimum absolute atomic E-state index is 0.0103. The summed E-state index contributed by atoms with van der Waals surface area (Å²) in [7, 11) is 0. The third-order valence-corrected chi connectivity index (χ3v) is 5.37. The van der Waals surface area contributed by atoms with Gasteiger partial charge in [-0.05, 0) is 57.9 Å². The van der Waals surface area contributed by atoms with E-state index in [2.05, 4.69) is 51.8 Å². The highest BCUT2D eigenvalue weighted by molar-refractivity contribution is 7.80. The molecular weight excluding hydrogens is 408 g/mol. The Balaban J connectivity index is 2.22. The standard InChI is InChI=1S/C24H30N4O2S/c1-23(2,3)16-11-14(12-17(20(16)29)24(4,5)6)13-28-18-10-8-7-9-15(18)19(21(28)30)26-27-22(25)31/h7-12,29-30H,13H2,1-6H3,(H2,25,31). The number of nitrogens with zero attached hydrogens (tertiary/aromatic N) is 3. The molecule has 0 saturated heterocycles. The molecule has 0 unspecified atom stereocenters. The second-order valence-electron chi connectivity index (χ2n) is 9.85. The number of phenols is 1. The minimum Gasteiger partial charge on any atom is -0.507 e. The number of hydrogen-bond donors (Lipinski definition) is 3. The Morgan fingerprint density at radius 2 is 1.55 bits per heavy atom. The summed E-state index contributed by atoms with van der Waals surface area (Å²) in [6.07, 6.45) is 0. The van der Waals surface area contributed by atoms with Crippen LogP contribution in [-0.4, -0.2) is 19.9 Å². The quantitative estimate of drug-likeness (QED) is 0.344. The van der Waals surface area contributed by atoms with E-state index in [9.17, 15) is 10.2 Å². The second kappa shape index (κ2) is 7.96. The molecule has 2 aromatic carbocycles. The van der Waals surface area contributed by atoms with Gasteiger partial charge in [-0.1, -0.05) is 59.7 Å². The molecule has 31 heavy (non-hydrogen) atoms. The molecule has 0 aliphatic rings. The van der Waals surface area contributed by atoms with Crippen molar-refractivity contribution in [2.24, 2.45) is 16.0 Å². The van der Waals surface area contributed by atoms with Gasteiger partial charge in [0.2, 0.25) is 11.0 Å². The van der Waals surface area contributed by atoms with Crippen LogP contribution in [0.3, 0.4) is 0 Å². The number of rotatable bonds is 3. The van der Waals surface area contributed by atoms with Crippen molar-refractivity contribution in [3.8, 4) is 11.6 Å². The normalized spacial score (nSPS) is 12.7. The van der Waals surface area contributed by atoms with Crippen LogP contribution in [-0.2, 0) is 17.4 Å². The summed E-state index contributed by atoms with van der Waals surface area (Å²) in [5.41, 5.74) is 8.84. The monoisotopic (exact) mass is 438 g/mol. The minimum atomic E-state index is -0.239. The Hall–Kier alpha value is -2.93. The first-order valence-electron chi connectivity index (χ1n) is 10.2. The molecule has 0 radical (unpaired) electrons. The van der Waals surface area contributed by atoms with Gasteiger partial charge in [-0.15, -0.1) is 10.2 Å². The van der Waals surface area contributed by atoms with Crippen LogP contribution < -0.4 is 5.73 Å². The maximum Gasteiger partial charge on any atom is 0.221 e. The average molecular weight is 439 g/mol. The van der Waals surface area contributed by atoms with Crippen molar-refractivity contribution in [1.29, 1.82) is 0 Å². The Morgan fingerprint density at radius 1 is 1.00 bits per heavy atom. The topological polar surface area (TPSA) is 96.1 Å². The summed E-state index contributed by atoms with van der Waals surface area (Å²) < 4.78 is 1.79. The predicted molar refractivity (Wildman–Crippen MR) is 130 cm³/mol. The summed E-state index contributed by atoms with van der Waals surface area (Å²) in [5.74, 6) is 0.320. The van der Waals surface area contributed by atoms with E-state index in [1.807, 2.05) is 36.4 Å². The fourth-order valence-electron chi connectivity index (χ4n) is 3.74. The highest BCUT2D eigenvalue weighted by Crippen LogP contribution is 2.42. The molecule has 0 aliphatic heterocycles. The molecule has 1 aromatic heterocycles. The molecule has 0 saturated carbocycles. The van der Waals surface area contributed by atoms with E-state index in [0.717, 1.165) is 27.6 Å². The van der Waals surface area contributed by atoms with Gasteiger partial charge in [0.25, 0.3) is 0 Å². The number of thiocarbonyl (C=S) groups is 1. The number of nitrogens with two attached hydrogens (primary N) is 1. The Labute approximate surface area is 188 Å². The third kappa shape index (κ3) is 4.56. The maximum absolute atomic E-state index is 11.0. The van der Waals surface area contributed by atoms with Crippen LogP contribution in [0.2, 0.25) is 0 Å². The highest BCUT2D eigenvalue weighted by Gasteiger charge is 2.27. The summed E-state index contributed by atoms with van der Waals surface area (Å²) in [6.45, 7) is 12.9. The third-order valence-electron chi connectivity index (χ3n) is 5.29. The summed E-state index contributed by atoms with van der Waals surface area (Å²) in [4.78, 5) is 0. The molecule has 6 nitrogen and oxygen atoms in total. The van der Waals surface area contributed by atoms with Crippen molar-refractivity contribution in [3.05, 3.63) is 53.1 Å². The van der Waals surface area contributed by atoms with Crippen molar-refractivity contribution in [2.45, 2.75) is 58.9 Å². The summed E-state index contributed by atoms with van der Waals surface area (Å²) in [6, 6.07) is 11.6. The van der Waals surface area contributed by atoms with Crippen molar-refractivity contribution in [2.75, 3.05) is 0 Å². The second-order valence-corrected chi connectivity index (χ2v) is 10.3. The number of aromatic nitrogens is 1. The molecule has 7 heteroatoms. The number of hydrogen-bond acceptors (Lipinski definition) is 4. The number of fused-ring (bicyclic) bond motifs is 1. The molecule has 0 atom stereocenters. The molecule has 4 N–H and O–H groups in total. The lowest BCUT2D eigenvalue weighted by Crippen LogP contribution is -2.18. The van der Waals surface area contributed by atoms with Gasteiger partial charge in [-0.2, -0.15) is 0 Å². The molecule has 3 aromatic rings. The number of aromatic hydroxyl groups is 2. The van der Waals surface area contributed by atoms with Gasteiger partial charge in [0, 0.05) is 5.39 Å². The SMILES string of the molecule is CC(C)(C)c1cc(Cn2c(O)c(N=NC(N)=S)c3ccccc32)cc(C(C)(C)C)c1O. The molecule has 3 rings (SSSR count). The maximum atomic E-state index is 11.0. The lowest BCUT2D eigenvalue weighted by atomic mass is 9.78. The van der Waals surface area contributed by atoms with Crippen LogP contribution in [0.1, 0.15) is 58.2 Å². The molecule has 1 heterocycles. The first kappa shape index (κ1) is 22.7. The van der Waals surface area contributed by atoms with Crippen LogP contribution >= 0.6 is 12.2 Å². The molecule has 0 bridgehead atoms. The molecule has 0 fully saturated rings. The van der Waals surface area contributed by atoms with E-state index in [4.69, 9.17) is 18.0 Å². The van der Waals surface area contributed by atoms with Crippen LogP contribution in [0.4, 0.5) is 5.69 Å². The van der Waals surface area contributed by atoms with E-state index in [-0.39, 0.29) is 21.8 Å². The van der Waals surface area contributed by atoms with E-state index < -0.39 is 0 Å². The summed E-state index contributed by atoms with van der Waals surface area (Å²) >= 11 is 4.79. The zero-order valence-electron chi connectivity index (χ0n) is 18.9. The van der Waals surface area contributed by atoms with Crippen molar-refractivity contribution in [1.82, 2.24) is 4.57 Å². The molecule has 164 valence electrons. The van der Waals surface area contributed by atoms with Gasteiger partial charge in [0.1, 0.15) is 5.75 Å². The molecule has 0 aliphatic carbocycles. The largest absolute Gasteiger partial charge is 0.507 e. The van der Waals surface area contributed by atoms with Gasteiger partial charge in [-0.3, -0.25) is 0 Å². The predicted octanol–water partition coefficient (Wildman–Crippen LogP) is 6.02. The first-order valence-corrected chi connectivity index (χ1v) is 10.6. The van der Waals surface area contributed by atoms with Gasteiger partial charge in [0.05, 0.1) is 12.1 Å². The van der Waals surface area contributed by atoms with E-state index in [0.29, 0.717) is 18.0 Å². The van der Waals surface area contributed by atoms with E-state index in [1.54, 1.807) is 4.57 Å². The van der Waals surface area contributed by atoms with Gasteiger partial charge in [0.15, 0.2) is 5.69 Å². The fourth-order valence-corrected chi connectivity index (χ4v) is 3.78. The zero-order chi connectivity index (χ0) is 23.1. The Morgan fingerprint density at radius 3 is 2.06 bits per heavy atom. The van der Waals surface area contributed by atoms with Gasteiger partial charge in [-0.25, -0.2) is 0 Å². The van der Waals surface area contributed by atoms with Crippen molar-refractivity contribution < 1.29 is 10.2 Å². The summed E-state index contributed by atoms with van der Waals surface area (Å²) in [5, 5.41) is 30.5. The number of benzene rings is 2. The first-order chi connectivity index (χ1) is 14.3. The Kier molecular flexibility index (Phi) is 5.84. The number of azo groups is 1. The van der Waals surface area contributed by atoms with Crippen LogP contribution in [0.25, 0.3) is 10.9 Å². The van der Waals surface area contributed by atoms with Crippen LogP contribution in [0.5, 0.6) is 11.6 Å². The highest BCUT2D eigenvalue weighted by atomic mass is 32.1. The smallest absolute Gasteiger partial charge is 0.221 e. The number of phenolic OH excluding ortho intramolecular Hbond substituents is 1. The van der Waals surface area contributed by atoms with Gasteiger partial charge < -0.3 is 20.5 Å². The van der Waals surface area contributed by atoms with E-state index >= 15 is 0 Å². The Bertz CT molecular complexity index is 1150. The molecule has 0 spiro atoms. The molecule has 0 amide bonds. The lowest BCUT2D eigenvalue weighted by molar-refractivity contribution is 0.420. The number of para-hydroxylation sites is 1. The molecular formula is C24H30N4O2S. The van der Waals surface area contributed by atoms with E-state index in [1.165, 1.54) is 0 Å². The fraction of sp³-hybridized carbons (Fsp3) is 0.375. The van der Waals surface area contributed by atoms with Crippen molar-refractivity contribution in [3.63, 3.8) is 0 Å². The average Bonchev–Trinajstić information content (AvgIpc) is 2.91.